The van der Waals surface area contributed by atoms with E-state index in [4.69, 9.17) is 0 Å². The highest BCUT2D eigenvalue weighted by Crippen LogP contribution is 2.34. The molecule has 1 saturated carbocycles. The zero-order valence-corrected chi connectivity index (χ0v) is 13.4. The van der Waals surface area contributed by atoms with Gasteiger partial charge in [0.1, 0.15) is 0 Å². The van der Waals surface area contributed by atoms with Crippen molar-refractivity contribution in [1.29, 1.82) is 0 Å². The van der Waals surface area contributed by atoms with E-state index in [1.165, 1.54) is 25.7 Å². The monoisotopic (exact) mass is 314 g/mol. The van der Waals surface area contributed by atoms with Crippen LogP contribution in [0.15, 0.2) is 18.3 Å². The van der Waals surface area contributed by atoms with Gasteiger partial charge in [0.2, 0.25) is 0 Å². The average molecular weight is 314 g/mol. The molecule has 23 heavy (non-hydrogen) atoms. The Hall–Kier alpha value is -2.09. The first-order valence-electron chi connectivity index (χ1n) is 8.31. The van der Waals surface area contributed by atoms with Crippen LogP contribution in [0.3, 0.4) is 0 Å². The van der Waals surface area contributed by atoms with Crippen LogP contribution < -0.4 is 4.90 Å². The van der Waals surface area contributed by atoms with Gasteiger partial charge in [0.05, 0.1) is 12.6 Å². The number of hydrogen-bond acceptors (Lipinski definition) is 7. The number of nitrogens with zero attached hydrogens (tertiary/aromatic N) is 8. The summed E-state index contributed by atoms with van der Waals surface area (Å²) in [4.78, 5) is 4.69. The van der Waals surface area contributed by atoms with Crippen molar-refractivity contribution in [3.63, 3.8) is 0 Å². The minimum absolute atomic E-state index is 0.482. The van der Waals surface area contributed by atoms with Gasteiger partial charge >= 0.3 is 0 Å². The van der Waals surface area contributed by atoms with Crippen molar-refractivity contribution in [3.8, 4) is 0 Å². The van der Waals surface area contributed by atoms with Crippen LogP contribution in [0, 0.1) is 0 Å². The Labute approximate surface area is 135 Å². The Morgan fingerprint density at radius 3 is 2.96 bits per heavy atom. The van der Waals surface area contributed by atoms with Crippen LogP contribution in [0.1, 0.15) is 37.5 Å². The molecule has 2 aliphatic rings. The fraction of sp³-hybridized carbons (Fsp3) is 0.667. The first-order valence-corrected chi connectivity index (χ1v) is 8.31. The molecule has 1 atom stereocenters. The Balaban J connectivity index is 1.41. The van der Waals surface area contributed by atoms with Crippen LogP contribution in [0.2, 0.25) is 0 Å². The molecule has 122 valence electrons. The van der Waals surface area contributed by atoms with Crippen molar-refractivity contribution in [1.82, 2.24) is 35.3 Å². The molecule has 8 nitrogen and oxygen atoms in total. The van der Waals surface area contributed by atoms with E-state index in [9.17, 15) is 0 Å². The molecule has 1 aliphatic heterocycles. The van der Waals surface area contributed by atoms with Crippen molar-refractivity contribution in [2.75, 3.05) is 25.0 Å². The van der Waals surface area contributed by atoms with Crippen LogP contribution in [0.5, 0.6) is 0 Å². The summed E-state index contributed by atoms with van der Waals surface area (Å²) < 4.78 is 2.00. The molecule has 0 unspecified atom stereocenters. The summed E-state index contributed by atoms with van der Waals surface area (Å²) in [5, 5.41) is 20.4. The summed E-state index contributed by atoms with van der Waals surface area (Å²) in [5.41, 5.74) is 0. The van der Waals surface area contributed by atoms with Crippen LogP contribution >= 0.6 is 0 Å². The zero-order valence-electron chi connectivity index (χ0n) is 13.4. The van der Waals surface area contributed by atoms with E-state index in [2.05, 4.69) is 42.6 Å². The topological polar surface area (TPSA) is 75.9 Å². The average Bonchev–Trinajstić information content (AvgIpc) is 3.35. The van der Waals surface area contributed by atoms with Gasteiger partial charge in [-0.15, -0.1) is 10.2 Å². The number of tetrazole rings is 1. The first-order chi connectivity index (χ1) is 11.3. The van der Waals surface area contributed by atoms with E-state index in [1.807, 2.05) is 16.8 Å². The summed E-state index contributed by atoms with van der Waals surface area (Å²) in [6.45, 7) is 2.81. The number of aromatic nitrogens is 6. The van der Waals surface area contributed by atoms with Gasteiger partial charge in [-0.1, -0.05) is 0 Å². The third kappa shape index (κ3) is 3.17. The number of likely N-dealkylation sites (N-methyl/N-ethyl adjacent to an activating group) is 1. The van der Waals surface area contributed by atoms with E-state index in [0.717, 1.165) is 31.3 Å². The van der Waals surface area contributed by atoms with Crippen LogP contribution in [-0.4, -0.2) is 61.5 Å². The quantitative estimate of drug-likeness (QED) is 0.811. The molecule has 3 heterocycles. The van der Waals surface area contributed by atoms with Gasteiger partial charge in [0, 0.05) is 25.3 Å². The van der Waals surface area contributed by atoms with Crippen LogP contribution in [0.4, 0.5) is 5.82 Å². The Kier molecular flexibility index (Phi) is 3.90. The predicted molar refractivity (Wildman–Crippen MR) is 84.8 cm³/mol. The molecule has 0 aromatic carbocycles. The standard InChI is InChI=1S/C15H22N8/c1-21(11-15-18-19-20-23(15)12-6-7-12)13-4-3-9-22(10-13)14-5-2-8-16-17-14/h2,5,8,12-13H,3-4,6-7,9-11H2,1H3/t13-/m1/s1. The smallest absolute Gasteiger partial charge is 0.165 e. The van der Waals surface area contributed by atoms with Gasteiger partial charge < -0.3 is 4.90 Å². The van der Waals surface area contributed by atoms with E-state index >= 15 is 0 Å². The fourth-order valence-corrected chi connectivity index (χ4v) is 3.26. The van der Waals surface area contributed by atoms with Gasteiger partial charge in [0.15, 0.2) is 11.6 Å². The maximum absolute atomic E-state index is 4.24. The van der Waals surface area contributed by atoms with Crippen molar-refractivity contribution in [2.45, 2.75) is 44.3 Å². The number of rotatable bonds is 5. The molecule has 2 fully saturated rings. The SMILES string of the molecule is CN(Cc1nnnn1C1CC1)[C@@H]1CCCN(c2cccnn2)C1. The van der Waals surface area contributed by atoms with Crippen LogP contribution in [-0.2, 0) is 6.54 Å². The molecule has 2 aromatic rings. The molecule has 2 aromatic heterocycles. The largest absolute Gasteiger partial charge is 0.354 e. The van der Waals surface area contributed by atoms with E-state index in [0.29, 0.717) is 12.1 Å². The molecule has 0 bridgehead atoms. The summed E-state index contributed by atoms with van der Waals surface area (Å²) in [6, 6.07) is 4.98. The van der Waals surface area contributed by atoms with E-state index < -0.39 is 0 Å². The lowest BCUT2D eigenvalue weighted by molar-refractivity contribution is 0.199. The van der Waals surface area contributed by atoms with Gasteiger partial charge in [0.25, 0.3) is 0 Å². The van der Waals surface area contributed by atoms with Crippen molar-refractivity contribution in [3.05, 3.63) is 24.2 Å². The summed E-state index contributed by atoms with van der Waals surface area (Å²) in [7, 11) is 2.16. The fourth-order valence-electron chi connectivity index (χ4n) is 3.26. The minimum Gasteiger partial charge on any atom is -0.354 e. The Morgan fingerprint density at radius 2 is 2.17 bits per heavy atom. The second kappa shape index (κ2) is 6.19. The third-order valence-electron chi connectivity index (χ3n) is 4.75. The van der Waals surface area contributed by atoms with E-state index in [-0.39, 0.29) is 0 Å². The number of hydrogen-bond donors (Lipinski definition) is 0. The molecule has 8 heteroatoms. The molecule has 1 aliphatic carbocycles. The highest BCUT2D eigenvalue weighted by Gasteiger charge is 2.30. The van der Waals surface area contributed by atoms with Gasteiger partial charge in [-0.25, -0.2) is 4.68 Å². The second-order valence-corrected chi connectivity index (χ2v) is 6.51. The van der Waals surface area contributed by atoms with Crippen molar-refractivity contribution >= 4 is 5.82 Å². The lowest BCUT2D eigenvalue weighted by Crippen LogP contribution is -2.46. The minimum atomic E-state index is 0.482. The molecular formula is C15H22N8. The third-order valence-corrected chi connectivity index (χ3v) is 4.75. The molecule has 0 amide bonds. The van der Waals surface area contributed by atoms with E-state index in [1.54, 1.807) is 6.20 Å². The lowest BCUT2D eigenvalue weighted by Gasteiger charge is -2.37. The molecule has 0 radical (unpaired) electrons. The number of piperidine rings is 1. The molecular weight excluding hydrogens is 292 g/mol. The van der Waals surface area contributed by atoms with Gasteiger partial charge in [-0.3, -0.25) is 4.90 Å². The summed E-state index contributed by atoms with van der Waals surface area (Å²) >= 11 is 0. The molecule has 0 N–H and O–H groups in total. The Bertz CT molecular complexity index is 638. The zero-order chi connectivity index (χ0) is 15.6. The summed E-state index contributed by atoms with van der Waals surface area (Å²) in [6.07, 6.45) is 6.48. The number of anilines is 1. The predicted octanol–water partition coefficient (Wildman–Crippen LogP) is 0.899. The molecule has 4 rings (SSSR count). The van der Waals surface area contributed by atoms with Crippen molar-refractivity contribution < 1.29 is 0 Å². The molecule has 0 spiro atoms. The normalized spacial score (nSPS) is 21.8. The lowest BCUT2D eigenvalue weighted by atomic mass is 10.0. The van der Waals surface area contributed by atoms with Crippen molar-refractivity contribution in [2.24, 2.45) is 0 Å². The highest BCUT2D eigenvalue weighted by atomic mass is 15.6. The second-order valence-electron chi connectivity index (χ2n) is 6.51. The maximum Gasteiger partial charge on any atom is 0.165 e. The maximum atomic E-state index is 4.24. The molecule has 1 saturated heterocycles. The highest BCUT2D eigenvalue weighted by molar-refractivity contribution is 5.37. The Morgan fingerprint density at radius 1 is 1.26 bits per heavy atom. The first kappa shape index (κ1) is 14.5. The van der Waals surface area contributed by atoms with Gasteiger partial charge in [-0.2, -0.15) is 5.10 Å². The van der Waals surface area contributed by atoms with Gasteiger partial charge in [-0.05, 0) is 55.3 Å². The van der Waals surface area contributed by atoms with Crippen LogP contribution in [0.25, 0.3) is 0 Å². The summed E-state index contributed by atoms with van der Waals surface area (Å²) in [5.74, 6) is 1.94.